The summed E-state index contributed by atoms with van der Waals surface area (Å²) >= 11 is 12.3. The van der Waals surface area contributed by atoms with Crippen LogP contribution < -0.4 is 4.90 Å². The number of pyridine rings is 1. The highest BCUT2D eigenvalue weighted by Gasteiger charge is 2.17. The van der Waals surface area contributed by atoms with Crippen molar-refractivity contribution in [2.24, 2.45) is 0 Å². The van der Waals surface area contributed by atoms with Gasteiger partial charge >= 0.3 is 0 Å². The molecule has 1 saturated heterocycles. The first-order valence-corrected chi connectivity index (χ1v) is 10.4. The fraction of sp³-hybridized carbons (Fsp3) is 0.273. The Morgan fingerprint density at radius 3 is 2.48 bits per heavy atom. The molecular weight excluding hydrogens is 405 g/mol. The molecule has 1 aliphatic heterocycles. The summed E-state index contributed by atoms with van der Waals surface area (Å²) in [7, 11) is 0. The van der Waals surface area contributed by atoms with E-state index in [0.717, 1.165) is 55.5 Å². The predicted molar refractivity (Wildman–Crippen MR) is 120 cm³/mol. The number of benzene rings is 1. The van der Waals surface area contributed by atoms with E-state index < -0.39 is 0 Å². The van der Waals surface area contributed by atoms with Crippen molar-refractivity contribution >= 4 is 35.0 Å². The number of halogens is 2. The quantitative estimate of drug-likeness (QED) is 0.590. The monoisotopic (exact) mass is 427 g/mol. The van der Waals surface area contributed by atoms with Crippen molar-refractivity contribution < 1.29 is 0 Å². The van der Waals surface area contributed by atoms with Crippen LogP contribution in [0.4, 0.5) is 5.69 Å². The van der Waals surface area contributed by atoms with Crippen molar-refractivity contribution in [3.8, 4) is 5.82 Å². The van der Waals surface area contributed by atoms with Gasteiger partial charge < -0.3 is 4.90 Å². The highest BCUT2D eigenvalue weighted by molar-refractivity contribution is 6.35. The minimum atomic E-state index is 0.680. The molecule has 0 saturated carbocycles. The van der Waals surface area contributed by atoms with Gasteiger partial charge in [-0.1, -0.05) is 41.4 Å². The topological polar surface area (TPSA) is 37.2 Å². The zero-order valence-electron chi connectivity index (χ0n) is 16.3. The van der Waals surface area contributed by atoms with Crippen LogP contribution in [0.2, 0.25) is 10.0 Å². The predicted octanol–water partition coefficient (Wildman–Crippen LogP) is 4.72. The zero-order valence-corrected chi connectivity index (χ0v) is 17.8. The van der Waals surface area contributed by atoms with Gasteiger partial charge in [0, 0.05) is 60.2 Å². The molecule has 150 valence electrons. The number of hydrogen-bond donors (Lipinski definition) is 0. The summed E-state index contributed by atoms with van der Waals surface area (Å²) in [6, 6.07) is 11.6. The molecule has 5 nitrogen and oxygen atoms in total. The Kier molecular flexibility index (Phi) is 6.19. The molecule has 0 amide bonds. The van der Waals surface area contributed by atoms with Gasteiger partial charge in [0.2, 0.25) is 0 Å². The van der Waals surface area contributed by atoms with Crippen molar-refractivity contribution in [1.82, 2.24) is 19.7 Å². The minimum Gasteiger partial charge on any atom is -0.369 e. The first kappa shape index (κ1) is 20.0. The normalized spacial score (nSPS) is 15.3. The van der Waals surface area contributed by atoms with E-state index in [4.69, 9.17) is 23.2 Å². The molecule has 1 fully saturated rings. The van der Waals surface area contributed by atoms with E-state index in [0.29, 0.717) is 10.0 Å². The van der Waals surface area contributed by atoms with E-state index >= 15 is 0 Å². The fourth-order valence-corrected chi connectivity index (χ4v) is 4.05. The van der Waals surface area contributed by atoms with Crippen molar-refractivity contribution in [2.75, 3.05) is 37.6 Å². The standard InChI is InChI=1S/C22H23Cl2N5/c1-17-18(16-26-29(17)22-6-2-3-7-25-22)5-4-8-27-9-11-28(12-10-27)21-14-19(23)13-20(24)15-21/h2-7,13-16H,8-12H2,1H3. The lowest BCUT2D eigenvalue weighted by Crippen LogP contribution is -2.46. The second-order valence-electron chi connectivity index (χ2n) is 7.10. The van der Waals surface area contributed by atoms with Crippen molar-refractivity contribution in [3.63, 3.8) is 0 Å². The third-order valence-electron chi connectivity index (χ3n) is 5.16. The molecule has 1 aromatic carbocycles. The molecule has 0 aliphatic carbocycles. The SMILES string of the molecule is Cc1c(C=CCN2CCN(c3cc(Cl)cc(Cl)c3)CC2)cnn1-c1ccccn1. The summed E-state index contributed by atoms with van der Waals surface area (Å²) in [6.45, 7) is 6.90. The molecule has 0 atom stereocenters. The lowest BCUT2D eigenvalue weighted by atomic mass is 10.2. The summed E-state index contributed by atoms with van der Waals surface area (Å²) in [5.74, 6) is 0.835. The first-order valence-electron chi connectivity index (χ1n) is 9.66. The Bertz CT molecular complexity index is 971. The van der Waals surface area contributed by atoms with E-state index in [1.165, 1.54) is 0 Å². The molecule has 0 radical (unpaired) electrons. The second kappa shape index (κ2) is 8.99. The van der Waals surface area contributed by atoms with Gasteiger partial charge in [0.15, 0.2) is 5.82 Å². The third-order valence-corrected chi connectivity index (χ3v) is 5.60. The molecule has 0 unspecified atom stereocenters. The summed E-state index contributed by atoms with van der Waals surface area (Å²) in [4.78, 5) is 9.14. The fourth-order valence-electron chi connectivity index (χ4n) is 3.54. The maximum absolute atomic E-state index is 6.14. The minimum absolute atomic E-state index is 0.680. The average molecular weight is 428 g/mol. The highest BCUT2D eigenvalue weighted by Crippen LogP contribution is 2.26. The Labute approximate surface area is 181 Å². The van der Waals surface area contributed by atoms with Gasteiger partial charge in [0.1, 0.15) is 0 Å². The zero-order chi connectivity index (χ0) is 20.2. The van der Waals surface area contributed by atoms with Crippen LogP contribution in [-0.2, 0) is 0 Å². The third kappa shape index (κ3) is 4.81. The number of anilines is 1. The Morgan fingerprint density at radius 2 is 1.79 bits per heavy atom. The molecule has 1 aliphatic rings. The van der Waals surface area contributed by atoms with Gasteiger partial charge in [-0.3, -0.25) is 4.90 Å². The average Bonchev–Trinajstić information content (AvgIpc) is 3.09. The van der Waals surface area contributed by atoms with Gasteiger partial charge in [-0.2, -0.15) is 5.10 Å². The summed E-state index contributed by atoms with van der Waals surface area (Å²) in [5, 5.41) is 5.83. The molecule has 2 aromatic heterocycles. The Balaban J connectivity index is 1.33. The lowest BCUT2D eigenvalue weighted by Gasteiger charge is -2.35. The van der Waals surface area contributed by atoms with E-state index in [-0.39, 0.29) is 0 Å². The van der Waals surface area contributed by atoms with Crippen LogP contribution in [0.15, 0.2) is 54.9 Å². The van der Waals surface area contributed by atoms with Crippen LogP contribution in [-0.4, -0.2) is 52.4 Å². The maximum atomic E-state index is 6.14. The molecular formula is C22H23Cl2N5. The molecule has 3 heterocycles. The number of rotatable bonds is 5. The number of nitrogens with zero attached hydrogens (tertiary/aromatic N) is 5. The van der Waals surface area contributed by atoms with E-state index in [2.05, 4.69) is 39.0 Å². The maximum Gasteiger partial charge on any atom is 0.153 e. The number of aromatic nitrogens is 3. The molecule has 7 heteroatoms. The van der Waals surface area contributed by atoms with Crippen LogP contribution in [0.1, 0.15) is 11.3 Å². The van der Waals surface area contributed by atoms with Crippen LogP contribution in [0.5, 0.6) is 0 Å². The summed E-state index contributed by atoms with van der Waals surface area (Å²) in [5.41, 5.74) is 3.29. The molecule has 0 bridgehead atoms. The van der Waals surface area contributed by atoms with Crippen molar-refractivity contribution in [2.45, 2.75) is 6.92 Å². The largest absolute Gasteiger partial charge is 0.369 e. The van der Waals surface area contributed by atoms with Gasteiger partial charge in [0.25, 0.3) is 0 Å². The highest BCUT2D eigenvalue weighted by atomic mass is 35.5. The van der Waals surface area contributed by atoms with Gasteiger partial charge in [0.05, 0.1) is 11.9 Å². The Hall–Kier alpha value is -2.34. The van der Waals surface area contributed by atoms with E-state index in [1.54, 1.807) is 12.3 Å². The lowest BCUT2D eigenvalue weighted by molar-refractivity contribution is 0.284. The van der Waals surface area contributed by atoms with Gasteiger partial charge in [-0.05, 0) is 37.3 Å². The van der Waals surface area contributed by atoms with Crippen molar-refractivity contribution in [1.29, 1.82) is 0 Å². The second-order valence-corrected chi connectivity index (χ2v) is 7.98. The van der Waals surface area contributed by atoms with E-state index in [9.17, 15) is 0 Å². The first-order chi connectivity index (χ1) is 14.1. The van der Waals surface area contributed by atoms with Crippen LogP contribution >= 0.6 is 23.2 Å². The summed E-state index contributed by atoms with van der Waals surface area (Å²) in [6.07, 6.45) is 8.02. The molecule has 3 aromatic rings. The van der Waals surface area contributed by atoms with Crippen molar-refractivity contribution in [3.05, 3.63) is 76.2 Å². The van der Waals surface area contributed by atoms with Gasteiger partial charge in [-0.25, -0.2) is 9.67 Å². The molecule has 0 N–H and O–H groups in total. The smallest absolute Gasteiger partial charge is 0.153 e. The number of hydrogen-bond acceptors (Lipinski definition) is 4. The molecule has 0 spiro atoms. The molecule has 29 heavy (non-hydrogen) atoms. The van der Waals surface area contributed by atoms with Crippen LogP contribution in [0.3, 0.4) is 0 Å². The summed E-state index contributed by atoms with van der Waals surface area (Å²) < 4.78 is 1.87. The number of piperazine rings is 1. The molecule has 4 rings (SSSR count). The van der Waals surface area contributed by atoms with Crippen LogP contribution in [0.25, 0.3) is 11.9 Å². The van der Waals surface area contributed by atoms with Crippen LogP contribution in [0, 0.1) is 6.92 Å². The van der Waals surface area contributed by atoms with E-state index in [1.807, 2.05) is 41.2 Å². The van der Waals surface area contributed by atoms with Gasteiger partial charge in [-0.15, -0.1) is 0 Å². The Morgan fingerprint density at radius 1 is 1.03 bits per heavy atom.